The van der Waals surface area contributed by atoms with E-state index in [9.17, 15) is 9.59 Å². The van der Waals surface area contributed by atoms with Gasteiger partial charge in [-0.2, -0.15) is 0 Å². The quantitative estimate of drug-likeness (QED) is 0.215. The van der Waals surface area contributed by atoms with E-state index in [1.165, 1.54) is 11.8 Å². The molecule has 0 aliphatic carbocycles. The molecular formula is C29H31Cl3N2O2S. The molecule has 0 spiro atoms. The molecule has 0 radical (unpaired) electrons. The number of rotatable bonds is 13. The highest BCUT2D eigenvalue weighted by molar-refractivity contribution is 7.99. The molecule has 1 N–H and O–H groups in total. The van der Waals surface area contributed by atoms with Crippen LogP contribution in [0.2, 0.25) is 15.1 Å². The third-order valence-corrected chi connectivity index (χ3v) is 7.63. The number of carbonyl (C=O) groups is 2. The van der Waals surface area contributed by atoms with Crippen LogP contribution in [0.25, 0.3) is 0 Å². The fraction of sp³-hybridized carbons (Fsp3) is 0.310. The Hall–Kier alpha value is -2.18. The van der Waals surface area contributed by atoms with Crippen LogP contribution < -0.4 is 5.32 Å². The molecule has 3 aromatic rings. The van der Waals surface area contributed by atoms with Gasteiger partial charge in [-0.25, -0.2) is 0 Å². The number of benzene rings is 3. The minimum absolute atomic E-state index is 0.123. The smallest absolute Gasteiger partial charge is 0.243 e. The molecule has 37 heavy (non-hydrogen) atoms. The van der Waals surface area contributed by atoms with Gasteiger partial charge >= 0.3 is 0 Å². The zero-order valence-electron chi connectivity index (χ0n) is 20.8. The molecule has 1 unspecified atom stereocenters. The summed E-state index contributed by atoms with van der Waals surface area (Å²) in [6.07, 6.45) is 2.27. The summed E-state index contributed by atoms with van der Waals surface area (Å²) in [7, 11) is 0. The Labute approximate surface area is 238 Å². The van der Waals surface area contributed by atoms with Gasteiger partial charge in [-0.05, 0) is 47.4 Å². The van der Waals surface area contributed by atoms with Crippen molar-refractivity contribution in [3.05, 3.63) is 105 Å². The Bertz CT molecular complexity index is 1180. The first-order chi connectivity index (χ1) is 17.9. The monoisotopic (exact) mass is 576 g/mol. The molecule has 0 aliphatic rings. The number of thioether (sulfide) groups is 1. The van der Waals surface area contributed by atoms with E-state index in [1.807, 2.05) is 54.6 Å². The second kappa shape index (κ2) is 15.3. The van der Waals surface area contributed by atoms with Crippen molar-refractivity contribution >= 4 is 58.4 Å². The fourth-order valence-electron chi connectivity index (χ4n) is 3.86. The molecule has 0 aromatic heterocycles. The second-order valence-corrected chi connectivity index (χ2v) is 11.0. The number of unbranched alkanes of at least 4 members (excludes halogenated alkanes) is 1. The number of hydrogen-bond donors (Lipinski definition) is 1. The van der Waals surface area contributed by atoms with Gasteiger partial charge < -0.3 is 10.2 Å². The third kappa shape index (κ3) is 9.57. The van der Waals surface area contributed by atoms with E-state index in [1.54, 1.807) is 23.1 Å². The summed E-state index contributed by atoms with van der Waals surface area (Å²) < 4.78 is 0. The maximum atomic E-state index is 13.7. The minimum Gasteiger partial charge on any atom is -0.354 e. The van der Waals surface area contributed by atoms with Gasteiger partial charge in [0.25, 0.3) is 0 Å². The fourth-order valence-corrected chi connectivity index (χ4v) is 5.54. The van der Waals surface area contributed by atoms with E-state index < -0.39 is 6.04 Å². The molecular weight excluding hydrogens is 547 g/mol. The van der Waals surface area contributed by atoms with Crippen molar-refractivity contribution < 1.29 is 9.59 Å². The maximum Gasteiger partial charge on any atom is 0.243 e. The van der Waals surface area contributed by atoms with Crippen LogP contribution in [0.15, 0.2) is 72.8 Å². The van der Waals surface area contributed by atoms with Crippen LogP contribution in [0.3, 0.4) is 0 Å². The van der Waals surface area contributed by atoms with E-state index in [0.29, 0.717) is 33.8 Å². The zero-order valence-corrected chi connectivity index (χ0v) is 23.8. The lowest BCUT2D eigenvalue weighted by atomic mass is 10.0. The Balaban J connectivity index is 1.83. The normalized spacial score (nSPS) is 11.7. The Kier molecular flexibility index (Phi) is 12.1. The van der Waals surface area contributed by atoms with Crippen LogP contribution in [-0.4, -0.2) is 35.1 Å². The highest BCUT2D eigenvalue weighted by Gasteiger charge is 2.30. The van der Waals surface area contributed by atoms with Crippen LogP contribution in [-0.2, 0) is 28.3 Å². The molecule has 2 amide bonds. The zero-order chi connectivity index (χ0) is 26.6. The minimum atomic E-state index is -0.662. The number of nitrogens with one attached hydrogen (secondary N) is 1. The Morgan fingerprint density at radius 2 is 1.65 bits per heavy atom. The van der Waals surface area contributed by atoms with E-state index >= 15 is 0 Å². The summed E-state index contributed by atoms with van der Waals surface area (Å²) in [6, 6.07) is 21.9. The maximum absolute atomic E-state index is 13.7. The van der Waals surface area contributed by atoms with Crippen LogP contribution in [0.5, 0.6) is 0 Å². The molecule has 0 bridgehead atoms. The van der Waals surface area contributed by atoms with Gasteiger partial charge in [-0.3, -0.25) is 9.59 Å². The van der Waals surface area contributed by atoms with Crippen LogP contribution in [0, 0.1) is 0 Å². The molecule has 0 aliphatic heterocycles. The van der Waals surface area contributed by atoms with Crippen LogP contribution in [0.4, 0.5) is 0 Å². The van der Waals surface area contributed by atoms with Crippen molar-refractivity contribution in [2.45, 2.75) is 44.5 Å². The van der Waals surface area contributed by atoms with Gasteiger partial charge in [0.15, 0.2) is 0 Å². The molecule has 0 heterocycles. The van der Waals surface area contributed by atoms with Crippen molar-refractivity contribution in [2.75, 3.05) is 12.3 Å². The Morgan fingerprint density at radius 3 is 2.35 bits per heavy atom. The van der Waals surface area contributed by atoms with Gasteiger partial charge in [0.1, 0.15) is 6.04 Å². The van der Waals surface area contributed by atoms with Gasteiger partial charge in [-0.15, -0.1) is 11.8 Å². The van der Waals surface area contributed by atoms with Crippen molar-refractivity contribution in [2.24, 2.45) is 0 Å². The van der Waals surface area contributed by atoms with E-state index in [0.717, 1.165) is 29.5 Å². The van der Waals surface area contributed by atoms with Gasteiger partial charge in [0, 0.05) is 40.3 Å². The second-order valence-electron chi connectivity index (χ2n) is 8.73. The molecule has 1 atom stereocenters. The highest BCUT2D eigenvalue weighted by Crippen LogP contribution is 2.25. The molecule has 3 rings (SSSR count). The van der Waals surface area contributed by atoms with Crippen molar-refractivity contribution in [3.63, 3.8) is 0 Å². The first kappa shape index (κ1) is 29.4. The summed E-state index contributed by atoms with van der Waals surface area (Å²) in [5, 5.41) is 4.76. The van der Waals surface area contributed by atoms with Gasteiger partial charge in [0.2, 0.25) is 11.8 Å². The van der Waals surface area contributed by atoms with Crippen molar-refractivity contribution in [1.82, 2.24) is 10.2 Å². The summed E-state index contributed by atoms with van der Waals surface area (Å²) in [5.41, 5.74) is 2.76. The largest absolute Gasteiger partial charge is 0.354 e. The van der Waals surface area contributed by atoms with E-state index in [-0.39, 0.29) is 24.1 Å². The van der Waals surface area contributed by atoms with E-state index in [2.05, 4.69) is 12.2 Å². The average molecular weight is 578 g/mol. The summed E-state index contributed by atoms with van der Waals surface area (Å²) in [4.78, 5) is 28.8. The molecule has 4 nitrogen and oxygen atoms in total. The van der Waals surface area contributed by atoms with Crippen LogP contribution in [0.1, 0.15) is 36.5 Å². The molecule has 3 aromatic carbocycles. The van der Waals surface area contributed by atoms with Gasteiger partial charge in [0.05, 0.1) is 5.75 Å². The number of amides is 2. The molecule has 8 heteroatoms. The average Bonchev–Trinajstić information content (AvgIpc) is 2.88. The molecule has 0 saturated carbocycles. The lowest BCUT2D eigenvalue weighted by Gasteiger charge is -2.31. The number of nitrogens with zero attached hydrogens (tertiary/aromatic N) is 1. The summed E-state index contributed by atoms with van der Waals surface area (Å²) in [5.74, 6) is 0.478. The van der Waals surface area contributed by atoms with Gasteiger partial charge in [-0.1, -0.05) is 96.7 Å². The molecule has 196 valence electrons. The topological polar surface area (TPSA) is 49.4 Å². The predicted octanol–water partition coefficient (Wildman–Crippen LogP) is 7.44. The lowest BCUT2D eigenvalue weighted by molar-refractivity contribution is -0.139. The van der Waals surface area contributed by atoms with E-state index in [4.69, 9.17) is 34.8 Å². The molecule has 0 fully saturated rings. The standard InChI is InChI=1S/C29H31Cl3N2O2S/c1-2-3-14-33-29(36)27(16-21-8-5-4-6-9-21)34(18-22-10-7-11-24(30)15-22)28(35)20-37-19-23-12-13-25(31)17-26(23)32/h4-13,15,17,27H,2-3,14,16,18-20H2,1H3,(H,33,36). The van der Waals surface area contributed by atoms with Crippen LogP contribution >= 0.6 is 46.6 Å². The SMILES string of the molecule is CCCCNC(=O)C(Cc1ccccc1)N(Cc1cccc(Cl)c1)C(=O)CSCc1ccc(Cl)cc1Cl. The van der Waals surface area contributed by atoms with Crippen molar-refractivity contribution in [1.29, 1.82) is 0 Å². The third-order valence-electron chi connectivity index (χ3n) is 5.84. The predicted molar refractivity (Wildman–Crippen MR) is 156 cm³/mol. The number of halogens is 3. The highest BCUT2D eigenvalue weighted by atomic mass is 35.5. The molecule has 0 saturated heterocycles. The summed E-state index contributed by atoms with van der Waals surface area (Å²) in [6.45, 7) is 2.93. The number of hydrogen-bond acceptors (Lipinski definition) is 3. The first-order valence-corrected chi connectivity index (χ1v) is 14.5. The number of carbonyl (C=O) groups excluding carboxylic acids is 2. The summed E-state index contributed by atoms with van der Waals surface area (Å²) >= 11 is 20.0. The lowest BCUT2D eigenvalue weighted by Crippen LogP contribution is -2.51. The Morgan fingerprint density at radius 1 is 0.919 bits per heavy atom. The first-order valence-electron chi connectivity index (χ1n) is 12.2. The van der Waals surface area contributed by atoms with Crippen molar-refractivity contribution in [3.8, 4) is 0 Å².